The molecule has 1 aliphatic carbocycles. The Morgan fingerprint density at radius 3 is 2.66 bits per heavy atom. The van der Waals surface area contributed by atoms with Crippen LogP contribution < -0.4 is 5.32 Å². The van der Waals surface area contributed by atoms with Crippen molar-refractivity contribution in [2.24, 2.45) is 0 Å². The van der Waals surface area contributed by atoms with Crippen LogP contribution in [0.25, 0.3) is 0 Å². The van der Waals surface area contributed by atoms with Crippen LogP contribution >= 0.6 is 0 Å². The maximum absolute atomic E-state index is 13.2. The fraction of sp³-hybridized carbons (Fsp3) is 0.632. The van der Waals surface area contributed by atoms with E-state index in [2.05, 4.69) is 20.7 Å². The van der Waals surface area contributed by atoms with Crippen LogP contribution in [-0.2, 0) is 52.0 Å². The lowest BCUT2D eigenvalue weighted by molar-refractivity contribution is -0.146. The summed E-state index contributed by atoms with van der Waals surface area (Å²) in [6.45, 7) is 3.01. The van der Waals surface area contributed by atoms with Crippen molar-refractivity contribution >= 4 is 11.9 Å². The molecule has 0 aliphatic heterocycles. The zero-order valence-electron chi connectivity index (χ0n) is 17.8. The van der Waals surface area contributed by atoms with Gasteiger partial charge in [-0.25, -0.2) is 9.48 Å². The molecule has 1 amide bonds. The number of ether oxygens (including phenoxy) is 1. The van der Waals surface area contributed by atoms with Crippen molar-refractivity contribution in [2.75, 3.05) is 13.2 Å². The van der Waals surface area contributed by atoms with Crippen molar-refractivity contribution in [1.29, 1.82) is 0 Å². The highest BCUT2D eigenvalue weighted by Crippen LogP contribution is 2.35. The van der Waals surface area contributed by atoms with E-state index >= 15 is 0 Å². The van der Waals surface area contributed by atoms with Gasteiger partial charge < -0.3 is 15.2 Å². The molecule has 1 aliphatic rings. The van der Waals surface area contributed by atoms with Crippen LogP contribution in [0, 0.1) is 0 Å². The molecule has 0 bridgehead atoms. The minimum Gasteiger partial charge on any atom is -0.479 e. The van der Waals surface area contributed by atoms with Gasteiger partial charge in [0.25, 0.3) is 0 Å². The van der Waals surface area contributed by atoms with Crippen molar-refractivity contribution in [2.45, 2.75) is 64.4 Å². The van der Waals surface area contributed by atoms with Crippen molar-refractivity contribution in [1.82, 2.24) is 30.1 Å². The minimum absolute atomic E-state index is 0.0627. The van der Waals surface area contributed by atoms with Gasteiger partial charge in [0.2, 0.25) is 5.91 Å². The SMILES string of the molecule is CC(C)(C(=O)O)n1cc(COCCNC(=O)Cn2nc(C(F)(F)F)c3c2CCCC3)nn1. The minimum atomic E-state index is -4.54. The second kappa shape index (κ2) is 9.27. The first-order valence-corrected chi connectivity index (χ1v) is 10.2. The maximum atomic E-state index is 13.2. The van der Waals surface area contributed by atoms with Crippen LogP contribution in [0.1, 0.15) is 49.3 Å². The fourth-order valence-corrected chi connectivity index (χ4v) is 3.40. The monoisotopic (exact) mass is 458 g/mol. The molecule has 0 spiro atoms. The third-order valence-electron chi connectivity index (χ3n) is 5.27. The summed E-state index contributed by atoms with van der Waals surface area (Å²) in [5.74, 6) is -1.52. The predicted molar refractivity (Wildman–Crippen MR) is 104 cm³/mol. The van der Waals surface area contributed by atoms with Crippen LogP contribution in [0.15, 0.2) is 6.20 Å². The second-order valence-corrected chi connectivity index (χ2v) is 8.06. The number of carboxylic acid groups (broad SMARTS) is 1. The molecule has 0 fully saturated rings. The molecule has 0 unspecified atom stereocenters. The van der Waals surface area contributed by atoms with Gasteiger partial charge >= 0.3 is 12.1 Å². The first kappa shape index (κ1) is 23.7. The number of carboxylic acids is 1. The number of nitrogens with zero attached hydrogens (tertiary/aromatic N) is 5. The molecule has 3 rings (SSSR count). The molecule has 0 atom stereocenters. The Morgan fingerprint density at radius 1 is 1.25 bits per heavy atom. The van der Waals surface area contributed by atoms with Gasteiger partial charge in [-0.3, -0.25) is 9.48 Å². The van der Waals surface area contributed by atoms with Gasteiger partial charge in [0, 0.05) is 17.8 Å². The molecule has 2 heterocycles. The highest BCUT2D eigenvalue weighted by atomic mass is 19.4. The van der Waals surface area contributed by atoms with Crippen molar-refractivity contribution in [3.05, 3.63) is 28.8 Å². The first-order valence-electron chi connectivity index (χ1n) is 10.2. The molecule has 2 aromatic heterocycles. The molecule has 0 saturated heterocycles. The van der Waals surface area contributed by atoms with Gasteiger partial charge in [-0.15, -0.1) is 5.10 Å². The van der Waals surface area contributed by atoms with Crippen LogP contribution in [0.5, 0.6) is 0 Å². The Hall–Kier alpha value is -2.96. The molecule has 0 saturated carbocycles. The number of nitrogens with one attached hydrogen (secondary N) is 1. The summed E-state index contributed by atoms with van der Waals surface area (Å²) in [5.41, 5.74) is -1.06. The number of hydrogen-bond donors (Lipinski definition) is 2. The number of hydrogen-bond acceptors (Lipinski definition) is 6. The largest absolute Gasteiger partial charge is 0.479 e. The Balaban J connectivity index is 1.46. The predicted octanol–water partition coefficient (Wildman–Crippen LogP) is 1.52. The van der Waals surface area contributed by atoms with Gasteiger partial charge in [0.15, 0.2) is 11.2 Å². The van der Waals surface area contributed by atoms with E-state index in [0.717, 1.165) is 11.1 Å². The third-order valence-corrected chi connectivity index (χ3v) is 5.27. The third kappa shape index (κ3) is 5.26. The standard InChI is InChI=1S/C19H25F3N6O4/c1-18(2,17(30)31)28-9-12(24-26-28)11-32-8-7-23-15(29)10-27-14-6-4-3-5-13(14)16(25-27)19(20,21)22/h9H,3-8,10-11H2,1-2H3,(H,23,29)(H,30,31). The Morgan fingerprint density at radius 2 is 1.97 bits per heavy atom. The summed E-state index contributed by atoms with van der Waals surface area (Å²) < 4.78 is 47.4. The van der Waals surface area contributed by atoms with E-state index in [-0.39, 0.29) is 31.9 Å². The number of alkyl halides is 3. The maximum Gasteiger partial charge on any atom is 0.435 e. The smallest absolute Gasteiger partial charge is 0.435 e. The lowest BCUT2D eigenvalue weighted by atomic mass is 9.95. The number of amides is 1. The number of carbonyl (C=O) groups is 2. The molecule has 2 N–H and O–H groups in total. The average molecular weight is 458 g/mol. The number of fused-ring (bicyclic) bond motifs is 1. The van der Waals surface area contributed by atoms with E-state index in [1.165, 1.54) is 24.7 Å². The Bertz CT molecular complexity index is 982. The summed E-state index contributed by atoms with van der Waals surface area (Å²) in [5, 5.41) is 23.1. The number of carbonyl (C=O) groups excluding carboxylic acids is 1. The summed E-state index contributed by atoms with van der Waals surface area (Å²) in [6.07, 6.45) is -0.862. The van der Waals surface area contributed by atoms with Crippen LogP contribution in [0.3, 0.4) is 0 Å². The molecule has 10 nitrogen and oxygen atoms in total. The second-order valence-electron chi connectivity index (χ2n) is 8.06. The van der Waals surface area contributed by atoms with Gasteiger partial charge in [0.05, 0.1) is 19.4 Å². The van der Waals surface area contributed by atoms with E-state index in [4.69, 9.17) is 4.74 Å². The zero-order valence-corrected chi connectivity index (χ0v) is 17.8. The molecule has 176 valence electrons. The Labute approximate surface area is 181 Å². The molecule has 2 aromatic rings. The van der Waals surface area contributed by atoms with Crippen molar-refractivity contribution in [3.8, 4) is 0 Å². The normalized spacial score (nSPS) is 14.3. The molecular formula is C19H25F3N6O4. The number of aliphatic carboxylic acids is 1. The van der Waals surface area contributed by atoms with Crippen LogP contribution in [-0.4, -0.2) is 54.9 Å². The highest BCUT2D eigenvalue weighted by molar-refractivity contribution is 5.76. The van der Waals surface area contributed by atoms with Gasteiger partial charge in [-0.2, -0.15) is 18.3 Å². The molecule has 32 heavy (non-hydrogen) atoms. The number of halogens is 3. The summed E-state index contributed by atoms with van der Waals surface area (Å²) in [7, 11) is 0. The van der Waals surface area contributed by atoms with Crippen LogP contribution in [0.4, 0.5) is 13.2 Å². The summed E-state index contributed by atoms with van der Waals surface area (Å²) >= 11 is 0. The van der Waals surface area contributed by atoms with Crippen molar-refractivity contribution < 1.29 is 32.6 Å². The van der Waals surface area contributed by atoms with E-state index in [1.54, 1.807) is 0 Å². The van der Waals surface area contributed by atoms with Gasteiger partial charge in [0.1, 0.15) is 12.2 Å². The topological polar surface area (TPSA) is 124 Å². The molecular weight excluding hydrogens is 433 g/mol. The zero-order chi connectivity index (χ0) is 23.5. The lowest BCUT2D eigenvalue weighted by Crippen LogP contribution is -2.36. The number of aromatic nitrogens is 5. The van der Waals surface area contributed by atoms with Gasteiger partial charge in [-0.1, -0.05) is 5.21 Å². The fourth-order valence-electron chi connectivity index (χ4n) is 3.40. The molecule has 0 radical (unpaired) electrons. The summed E-state index contributed by atoms with van der Waals surface area (Å²) in [4.78, 5) is 23.4. The quantitative estimate of drug-likeness (QED) is 0.546. The Kier molecular flexibility index (Phi) is 6.86. The van der Waals surface area contributed by atoms with E-state index in [1.807, 2.05) is 0 Å². The lowest BCUT2D eigenvalue weighted by Gasteiger charge is -2.18. The van der Waals surface area contributed by atoms with Crippen LogP contribution in [0.2, 0.25) is 0 Å². The first-order chi connectivity index (χ1) is 15.0. The van der Waals surface area contributed by atoms with E-state index in [9.17, 15) is 27.9 Å². The van der Waals surface area contributed by atoms with E-state index < -0.39 is 29.3 Å². The molecule has 0 aromatic carbocycles. The van der Waals surface area contributed by atoms with E-state index in [0.29, 0.717) is 30.7 Å². The molecule has 13 heteroatoms. The van der Waals surface area contributed by atoms with Gasteiger partial charge in [-0.05, 0) is 39.5 Å². The van der Waals surface area contributed by atoms with Crippen molar-refractivity contribution in [3.63, 3.8) is 0 Å². The summed E-state index contributed by atoms with van der Waals surface area (Å²) in [6, 6.07) is 0. The average Bonchev–Trinajstić information content (AvgIpc) is 3.33. The number of rotatable bonds is 9. The highest BCUT2D eigenvalue weighted by Gasteiger charge is 2.39.